The van der Waals surface area contributed by atoms with Crippen LogP contribution in [-0.4, -0.2) is 9.35 Å². The zero-order valence-electron chi connectivity index (χ0n) is 5.81. The summed E-state index contributed by atoms with van der Waals surface area (Å²) in [6.45, 7) is 0. The summed E-state index contributed by atoms with van der Waals surface area (Å²) in [5.41, 5.74) is 0. The molecule has 2 aromatic heterocycles. The standard InChI is InChI=1S/C8H7ClN2/c9-8-4-3-7-11(8)10-5-1-2-6-10/h1-7H. The molecule has 3 heteroatoms. The Bertz CT molecular complexity index is 335. The first-order valence-electron chi connectivity index (χ1n) is 3.34. The molecule has 11 heavy (non-hydrogen) atoms. The van der Waals surface area contributed by atoms with Gasteiger partial charge in [0, 0.05) is 18.6 Å². The third-order valence-electron chi connectivity index (χ3n) is 1.52. The summed E-state index contributed by atoms with van der Waals surface area (Å²) in [5, 5.41) is 0.709. The average Bonchev–Trinajstić information content (AvgIpc) is 2.55. The Balaban J connectivity index is 2.53. The smallest absolute Gasteiger partial charge is 0.129 e. The number of nitrogens with zero attached hydrogens (tertiary/aromatic N) is 2. The van der Waals surface area contributed by atoms with Crippen molar-refractivity contribution in [2.24, 2.45) is 0 Å². The maximum Gasteiger partial charge on any atom is 0.129 e. The van der Waals surface area contributed by atoms with Crippen LogP contribution in [0.1, 0.15) is 0 Å². The molecule has 0 spiro atoms. The van der Waals surface area contributed by atoms with Gasteiger partial charge in [-0.25, -0.2) is 4.68 Å². The molecule has 0 saturated heterocycles. The van der Waals surface area contributed by atoms with Crippen LogP contribution in [0.3, 0.4) is 0 Å². The normalized spacial score (nSPS) is 10.3. The van der Waals surface area contributed by atoms with Gasteiger partial charge in [-0.05, 0) is 24.3 Å². The second kappa shape index (κ2) is 2.47. The van der Waals surface area contributed by atoms with E-state index < -0.39 is 0 Å². The Morgan fingerprint density at radius 3 is 2.27 bits per heavy atom. The number of rotatable bonds is 1. The second-order valence-electron chi connectivity index (χ2n) is 2.24. The van der Waals surface area contributed by atoms with Crippen LogP contribution in [0.2, 0.25) is 5.15 Å². The topological polar surface area (TPSA) is 9.86 Å². The highest BCUT2D eigenvalue weighted by molar-refractivity contribution is 6.29. The van der Waals surface area contributed by atoms with Gasteiger partial charge in [0.15, 0.2) is 0 Å². The summed E-state index contributed by atoms with van der Waals surface area (Å²) in [7, 11) is 0. The van der Waals surface area contributed by atoms with E-state index in [1.54, 1.807) is 0 Å². The fourth-order valence-electron chi connectivity index (χ4n) is 1.01. The first kappa shape index (κ1) is 6.55. The SMILES string of the molecule is Clc1cccn1-n1cccc1. The van der Waals surface area contributed by atoms with Crippen molar-refractivity contribution >= 4 is 11.6 Å². The molecule has 0 bridgehead atoms. The van der Waals surface area contributed by atoms with Gasteiger partial charge in [-0.15, -0.1) is 0 Å². The molecular weight excluding hydrogens is 160 g/mol. The van der Waals surface area contributed by atoms with Gasteiger partial charge in [-0.1, -0.05) is 11.6 Å². The van der Waals surface area contributed by atoms with Crippen molar-refractivity contribution in [1.29, 1.82) is 0 Å². The van der Waals surface area contributed by atoms with Crippen molar-refractivity contribution in [2.75, 3.05) is 0 Å². The molecule has 0 aromatic carbocycles. The van der Waals surface area contributed by atoms with E-state index in [2.05, 4.69) is 0 Å². The minimum atomic E-state index is 0.709. The summed E-state index contributed by atoms with van der Waals surface area (Å²) in [4.78, 5) is 0. The van der Waals surface area contributed by atoms with E-state index in [1.165, 1.54) is 0 Å². The van der Waals surface area contributed by atoms with Gasteiger partial charge < -0.3 is 0 Å². The summed E-state index contributed by atoms with van der Waals surface area (Å²) in [6.07, 6.45) is 5.78. The Hall–Kier alpha value is -1.15. The number of halogens is 1. The van der Waals surface area contributed by atoms with Crippen LogP contribution in [0, 0.1) is 0 Å². The molecule has 0 aliphatic heterocycles. The largest absolute Gasteiger partial charge is 0.263 e. The fraction of sp³-hybridized carbons (Fsp3) is 0. The number of hydrogen-bond acceptors (Lipinski definition) is 0. The van der Waals surface area contributed by atoms with E-state index in [9.17, 15) is 0 Å². The molecule has 2 aromatic rings. The maximum absolute atomic E-state index is 5.87. The monoisotopic (exact) mass is 166 g/mol. The van der Waals surface area contributed by atoms with Crippen LogP contribution in [0.5, 0.6) is 0 Å². The van der Waals surface area contributed by atoms with E-state index >= 15 is 0 Å². The molecule has 0 unspecified atom stereocenters. The molecule has 0 radical (unpaired) electrons. The molecule has 0 N–H and O–H groups in total. The molecule has 2 nitrogen and oxygen atoms in total. The quantitative estimate of drug-likeness (QED) is 0.615. The molecule has 2 rings (SSSR count). The van der Waals surface area contributed by atoms with Gasteiger partial charge in [-0.3, -0.25) is 4.68 Å². The lowest BCUT2D eigenvalue weighted by Crippen LogP contribution is -2.03. The van der Waals surface area contributed by atoms with Gasteiger partial charge in [0.2, 0.25) is 0 Å². The van der Waals surface area contributed by atoms with E-state index in [0.29, 0.717) is 5.15 Å². The molecule has 56 valence electrons. The summed E-state index contributed by atoms with van der Waals surface area (Å²) in [5.74, 6) is 0. The molecule has 2 heterocycles. The third kappa shape index (κ3) is 1.05. The predicted molar refractivity (Wildman–Crippen MR) is 44.7 cm³/mol. The van der Waals surface area contributed by atoms with Crippen molar-refractivity contribution < 1.29 is 0 Å². The maximum atomic E-state index is 5.87. The third-order valence-corrected chi connectivity index (χ3v) is 1.82. The van der Waals surface area contributed by atoms with Gasteiger partial charge in [0.25, 0.3) is 0 Å². The zero-order valence-corrected chi connectivity index (χ0v) is 6.57. The highest BCUT2D eigenvalue weighted by Gasteiger charge is 1.95. The summed E-state index contributed by atoms with van der Waals surface area (Å²) >= 11 is 5.87. The van der Waals surface area contributed by atoms with Gasteiger partial charge in [-0.2, -0.15) is 0 Å². The van der Waals surface area contributed by atoms with Crippen molar-refractivity contribution in [3.8, 4) is 0 Å². The predicted octanol–water partition coefficient (Wildman–Crippen LogP) is 2.25. The molecule has 0 fully saturated rings. The van der Waals surface area contributed by atoms with Crippen molar-refractivity contribution in [3.63, 3.8) is 0 Å². The lowest BCUT2D eigenvalue weighted by molar-refractivity contribution is 0.669. The first-order chi connectivity index (χ1) is 5.38. The zero-order chi connectivity index (χ0) is 7.68. The van der Waals surface area contributed by atoms with Crippen molar-refractivity contribution in [2.45, 2.75) is 0 Å². The van der Waals surface area contributed by atoms with Gasteiger partial charge >= 0.3 is 0 Å². The van der Waals surface area contributed by atoms with Crippen LogP contribution >= 0.6 is 11.6 Å². The van der Waals surface area contributed by atoms with Crippen LogP contribution < -0.4 is 0 Å². The highest BCUT2D eigenvalue weighted by atomic mass is 35.5. The van der Waals surface area contributed by atoms with E-state index in [0.717, 1.165) is 0 Å². The van der Waals surface area contributed by atoms with Gasteiger partial charge in [0.05, 0.1) is 0 Å². The minimum absolute atomic E-state index is 0.709. The minimum Gasteiger partial charge on any atom is -0.263 e. The molecule has 0 amide bonds. The Morgan fingerprint density at radius 1 is 1.00 bits per heavy atom. The first-order valence-corrected chi connectivity index (χ1v) is 3.72. The molecule has 0 aliphatic carbocycles. The molecule has 0 atom stereocenters. The number of aromatic nitrogens is 2. The average molecular weight is 167 g/mol. The van der Waals surface area contributed by atoms with Crippen LogP contribution in [0.4, 0.5) is 0 Å². The summed E-state index contributed by atoms with van der Waals surface area (Å²) in [6, 6.07) is 7.66. The van der Waals surface area contributed by atoms with Crippen LogP contribution in [-0.2, 0) is 0 Å². The van der Waals surface area contributed by atoms with Crippen molar-refractivity contribution in [3.05, 3.63) is 48.0 Å². The lowest BCUT2D eigenvalue weighted by Gasteiger charge is -2.04. The van der Waals surface area contributed by atoms with E-state index in [-0.39, 0.29) is 0 Å². The number of hydrogen-bond donors (Lipinski definition) is 0. The van der Waals surface area contributed by atoms with Crippen LogP contribution in [0.15, 0.2) is 42.9 Å². The van der Waals surface area contributed by atoms with Crippen LogP contribution in [0.25, 0.3) is 0 Å². The van der Waals surface area contributed by atoms with Crippen molar-refractivity contribution in [1.82, 2.24) is 9.35 Å². The highest BCUT2D eigenvalue weighted by Crippen LogP contribution is 2.09. The van der Waals surface area contributed by atoms with E-state index in [1.807, 2.05) is 52.2 Å². The Kier molecular flexibility index (Phi) is 1.47. The fourth-order valence-corrected chi connectivity index (χ4v) is 1.22. The Labute approximate surface area is 69.6 Å². The molecule has 0 saturated carbocycles. The second-order valence-corrected chi connectivity index (χ2v) is 2.63. The summed E-state index contributed by atoms with van der Waals surface area (Å²) < 4.78 is 3.75. The molecule has 0 aliphatic rings. The Morgan fingerprint density at radius 2 is 1.73 bits per heavy atom. The lowest BCUT2D eigenvalue weighted by atomic mass is 10.7. The van der Waals surface area contributed by atoms with Gasteiger partial charge in [0.1, 0.15) is 5.15 Å². The molecular formula is C8H7ClN2. The van der Waals surface area contributed by atoms with E-state index in [4.69, 9.17) is 11.6 Å².